The number of hydrogen-bond acceptors (Lipinski definition) is 2. The number of piperidine rings is 1. The molecular weight excluding hydrogens is 442 g/mol. The van der Waals surface area contributed by atoms with Gasteiger partial charge in [0, 0.05) is 21.7 Å². The number of halogens is 3. The van der Waals surface area contributed by atoms with Crippen LogP contribution in [-0.4, -0.2) is 19.0 Å². The topological polar surface area (TPSA) is 32.3 Å². The molecule has 0 saturated carbocycles. The van der Waals surface area contributed by atoms with Crippen LogP contribution in [0, 0.1) is 9.39 Å². The number of amides is 1. The van der Waals surface area contributed by atoms with Crippen molar-refractivity contribution in [3.63, 3.8) is 0 Å². The van der Waals surface area contributed by atoms with Crippen LogP contribution in [0.5, 0.6) is 0 Å². The summed E-state index contributed by atoms with van der Waals surface area (Å²) in [5, 5.41) is 3.44. The number of nitrogens with one attached hydrogen (secondary N) is 1. The number of benzene rings is 2. The van der Waals surface area contributed by atoms with Crippen LogP contribution in [0.25, 0.3) is 0 Å². The van der Waals surface area contributed by atoms with Crippen LogP contribution >= 0.6 is 34.2 Å². The fraction of sp³-hybridized carbons (Fsp3) is 0.278. The molecule has 0 unspecified atom stereocenters. The van der Waals surface area contributed by atoms with Gasteiger partial charge in [-0.05, 0) is 78.3 Å². The highest BCUT2D eigenvalue weighted by molar-refractivity contribution is 14.1. The standard InChI is InChI=1S/C18H17ClFIN2O/c19-12-4-6-14(15(21)10-12)18(24)22-16-11-13(20)5-7-17(16)23-8-2-1-3-9-23/h4-7,10-11H,1-3,8-9H2,(H,22,24). The molecule has 1 heterocycles. The van der Waals surface area contributed by atoms with Crippen molar-refractivity contribution in [3.05, 3.63) is 56.4 Å². The van der Waals surface area contributed by atoms with Crippen molar-refractivity contribution in [3.8, 4) is 0 Å². The second-order valence-corrected chi connectivity index (χ2v) is 7.39. The van der Waals surface area contributed by atoms with E-state index in [2.05, 4.69) is 32.8 Å². The van der Waals surface area contributed by atoms with Crippen LogP contribution in [-0.2, 0) is 0 Å². The largest absolute Gasteiger partial charge is 0.370 e. The van der Waals surface area contributed by atoms with Gasteiger partial charge in [0.1, 0.15) is 5.82 Å². The van der Waals surface area contributed by atoms with Crippen molar-refractivity contribution < 1.29 is 9.18 Å². The molecule has 1 saturated heterocycles. The third-order valence-electron chi connectivity index (χ3n) is 4.08. The molecule has 126 valence electrons. The molecule has 3 nitrogen and oxygen atoms in total. The Bertz CT molecular complexity index is 763. The summed E-state index contributed by atoms with van der Waals surface area (Å²) in [5.41, 5.74) is 1.90. The highest BCUT2D eigenvalue weighted by Crippen LogP contribution is 2.30. The fourth-order valence-electron chi connectivity index (χ4n) is 2.88. The molecule has 0 aliphatic carbocycles. The van der Waals surface area contributed by atoms with E-state index in [1.807, 2.05) is 0 Å². The molecule has 1 N–H and O–H groups in total. The molecule has 1 aliphatic rings. The van der Waals surface area contributed by atoms with Gasteiger partial charge in [0.2, 0.25) is 0 Å². The molecular formula is C18H17ClFIN2O. The van der Waals surface area contributed by atoms with Gasteiger partial charge in [0.15, 0.2) is 0 Å². The Labute approximate surface area is 159 Å². The number of carbonyl (C=O) groups is 1. The van der Waals surface area contributed by atoms with Crippen molar-refractivity contribution in [2.75, 3.05) is 23.3 Å². The summed E-state index contributed by atoms with van der Waals surface area (Å²) in [6.07, 6.45) is 3.43. The molecule has 0 radical (unpaired) electrons. The average Bonchev–Trinajstić information content (AvgIpc) is 2.55. The van der Waals surface area contributed by atoms with Gasteiger partial charge in [-0.1, -0.05) is 11.6 Å². The highest BCUT2D eigenvalue weighted by atomic mass is 127. The molecule has 1 amide bonds. The monoisotopic (exact) mass is 458 g/mol. The summed E-state index contributed by atoms with van der Waals surface area (Å²) >= 11 is 8.01. The minimum atomic E-state index is -0.364. The van der Waals surface area contributed by atoms with Gasteiger partial charge in [-0.25, -0.2) is 4.39 Å². The third-order valence-corrected chi connectivity index (χ3v) is 5.21. The first-order valence-electron chi connectivity index (χ1n) is 7.85. The zero-order chi connectivity index (χ0) is 17.1. The Hall–Kier alpha value is -1.34. The SMILES string of the molecule is O=C(Nc1cc(F)ccc1N1CCCCC1)c1ccc(Cl)cc1I. The van der Waals surface area contributed by atoms with Gasteiger partial charge in [0.25, 0.3) is 5.91 Å². The molecule has 1 aliphatic heterocycles. The van der Waals surface area contributed by atoms with E-state index in [1.54, 1.807) is 24.3 Å². The number of carbonyl (C=O) groups excluding carboxylic acids is 1. The minimum absolute atomic E-state index is 0.264. The minimum Gasteiger partial charge on any atom is -0.370 e. The third kappa shape index (κ3) is 4.00. The van der Waals surface area contributed by atoms with E-state index >= 15 is 0 Å². The van der Waals surface area contributed by atoms with Crippen molar-refractivity contribution in [2.45, 2.75) is 19.3 Å². The molecule has 0 spiro atoms. The summed E-state index contributed by atoms with van der Waals surface area (Å²) in [4.78, 5) is 14.8. The van der Waals surface area contributed by atoms with Gasteiger partial charge in [-0.15, -0.1) is 0 Å². The summed E-state index contributed by atoms with van der Waals surface area (Å²) < 4.78 is 14.5. The summed E-state index contributed by atoms with van der Waals surface area (Å²) in [6, 6.07) is 9.64. The van der Waals surface area contributed by atoms with Gasteiger partial charge in [-0.2, -0.15) is 0 Å². The second-order valence-electron chi connectivity index (χ2n) is 5.79. The molecule has 3 rings (SSSR count). The number of nitrogens with zero attached hydrogens (tertiary/aromatic N) is 1. The Balaban J connectivity index is 1.88. The summed E-state index contributed by atoms with van der Waals surface area (Å²) in [6.45, 7) is 1.85. The Morgan fingerprint density at radius 2 is 1.88 bits per heavy atom. The number of hydrogen-bond donors (Lipinski definition) is 1. The lowest BCUT2D eigenvalue weighted by Gasteiger charge is -2.30. The first-order chi connectivity index (χ1) is 11.5. The van der Waals surface area contributed by atoms with Crippen LogP contribution in [0.4, 0.5) is 15.8 Å². The van der Waals surface area contributed by atoms with Crippen LogP contribution in [0.3, 0.4) is 0 Å². The first kappa shape index (κ1) is 17.5. The summed E-state index contributed by atoms with van der Waals surface area (Å²) in [7, 11) is 0. The van der Waals surface area contributed by atoms with E-state index in [0.717, 1.165) is 35.2 Å². The van der Waals surface area contributed by atoms with Crippen molar-refractivity contribution >= 4 is 51.5 Å². The smallest absolute Gasteiger partial charge is 0.256 e. The number of rotatable bonds is 3. The van der Waals surface area contributed by atoms with Crippen LogP contribution in [0.15, 0.2) is 36.4 Å². The molecule has 0 atom stereocenters. The molecule has 0 bridgehead atoms. The van der Waals surface area contributed by atoms with Crippen LogP contribution in [0.1, 0.15) is 29.6 Å². The lowest BCUT2D eigenvalue weighted by atomic mass is 10.1. The van der Waals surface area contributed by atoms with Gasteiger partial charge in [0.05, 0.1) is 16.9 Å². The van der Waals surface area contributed by atoms with E-state index in [-0.39, 0.29) is 11.7 Å². The fourth-order valence-corrected chi connectivity index (χ4v) is 4.00. The van der Waals surface area contributed by atoms with Gasteiger partial charge < -0.3 is 10.2 Å². The molecule has 1 fully saturated rings. The van der Waals surface area contributed by atoms with Crippen molar-refractivity contribution in [2.24, 2.45) is 0 Å². The Kier molecular flexibility index (Phi) is 5.61. The van der Waals surface area contributed by atoms with E-state index in [0.29, 0.717) is 16.3 Å². The molecule has 24 heavy (non-hydrogen) atoms. The highest BCUT2D eigenvalue weighted by Gasteiger charge is 2.18. The van der Waals surface area contributed by atoms with E-state index in [4.69, 9.17) is 11.6 Å². The predicted molar refractivity (Wildman–Crippen MR) is 105 cm³/mol. The second kappa shape index (κ2) is 7.70. The predicted octanol–water partition coefficient (Wildman–Crippen LogP) is 5.33. The lowest BCUT2D eigenvalue weighted by Crippen LogP contribution is -2.30. The maximum atomic E-state index is 13.7. The van der Waals surface area contributed by atoms with Crippen molar-refractivity contribution in [1.29, 1.82) is 0 Å². The quantitative estimate of drug-likeness (QED) is 0.631. The zero-order valence-electron chi connectivity index (χ0n) is 13.0. The zero-order valence-corrected chi connectivity index (χ0v) is 15.9. The van der Waals surface area contributed by atoms with Crippen molar-refractivity contribution in [1.82, 2.24) is 0 Å². The molecule has 6 heteroatoms. The number of anilines is 2. The Morgan fingerprint density at radius 1 is 1.12 bits per heavy atom. The van der Waals surface area contributed by atoms with E-state index in [9.17, 15) is 9.18 Å². The van der Waals surface area contributed by atoms with E-state index in [1.165, 1.54) is 18.6 Å². The summed E-state index contributed by atoms with van der Waals surface area (Å²) in [5.74, 6) is -0.628. The lowest BCUT2D eigenvalue weighted by molar-refractivity contribution is 0.102. The first-order valence-corrected chi connectivity index (χ1v) is 9.31. The van der Waals surface area contributed by atoms with Crippen LogP contribution in [0.2, 0.25) is 5.02 Å². The van der Waals surface area contributed by atoms with E-state index < -0.39 is 0 Å². The molecule has 2 aromatic rings. The maximum Gasteiger partial charge on any atom is 0.256 e. The van der Waals surface area contributed by atoms with Gasteiger partial charge >= 0.3 is 0 Å². The molecule has 0 aromatic heterocycles. The van der Waals surface area contributed by atoms with Gasteiger partial charge in [-0.3, -0.25) is 4.79 Å². The Morgan fingerprint density at radius 3 is 2.58 bits per heavy atom. The normalized spacial score (nSPS) is 14.5. The maximum absolute atomic E-state index is 13.7. The average molecular weight is 459 g/mol. The molecule has 2 aromatic carbocycles. The van der Waals surface area contributed by atoms with Crippen LogP contribution < -0.4 is 10.2 Å².